The van der Waals surface area contributed by atoms with Crippen molar-refractivity contribution in [3.8, 4) is 0 Å². The minimum Gasteiger partial charge on any atom is -0.381 e. The van der Waals surface area contributed by atoms with E-state index in [-0.39, 0.29) is 0 Å². The average molecular weight is 307 g/mol. The predicted octanol–water partition coefficient (Wildman–Crippen LogP) is 2.43. The van der Waals surface area contributed by atoms with Gasteiger partial charge in [0.2, 0.25) is 0 Å². The van der Waals surface area contributed by atoms with Gasteiger partial charge in [0.25, 0.3) is 0 Å². The molecule has 0 radical (unpaired) electrons. The standard InChI is InChI=1S/C17H17N5O/c1-2-14-3-4-15(19-17(14)18-8-1)5-6-16-11-22(21-20-16)10-13-7-9-23-12-13/h1-6,8,11,13H,7,9-10,12H2/b6-5+. The third kappa shape index (κ3) is 3.27. The van der Waals surface area contributed by atoms with Crippen LogP contribution in [0.2, 0.25) is 0 Å². The normalized spacial score (nSPS) is 18.2. The van der Waals surface area contributed by atoms with Crippen molar-refractivity contribution in [3.63, 3.8) is 0 Å². The fourth-order valence-electron chi connectivity index (χ4n) is 2.70. The molecular formula is C17H17N5O. The van der Waals surface area contributed by atoms with E-state index in [1.54, 1.807) is 6.20 Å². The monoisotopic (exact) mass is 307 g/mol. The molecule has 0 amide bonds. The molecule has 1 saturated heterocycles. The summed E-state index contributed by atoms with van der Waals surface area (Å²) < 4.78 is 7.27. The number of hydrogen-bond donors (Lipinski definition) is 0. The van der Waals surface area contributed by atoms with Crippen molar-refractivity contribution in [2.24, 2.45) is 5.92 Å². The molecule has 1 unspecified atom stereocenters. The van der Waals surface area contributed by atoms with E-state index < -0.39 is 0 Å². The zero-order valence-corrected chi connectivity index (χ0v) is 12.7. The second-order valence-electron chi connectivity index (χ2n) is 5.71. The van der Waals surface area contributed by atoms with Crippen LogP contribution in [0.1, 0.15) is 17.8 Å². The lowest BCUT2D eigenvalue weighted by Crippen LogP contribution is -2.10. The molecule has 0 bridgehead atoms. The number of hydrogen-bond acceptors (Lipinski definition) is 5. The Morgan fingerprint density at radius 1 is 1.22 bits per heavy atom. The van der Waals surface area contributed by atoms with Crippen molar-refractivity contribution in [2.45, 2.75) is 13.0 Å². The first-order valence-corrected chi connectivity index (χ1v) is 7.74. The topological polar surface area (TPSA) is 65.7 Å². The smallest absolute Gasteiger partial charge is 0.159 e. The maximum Gasteiger partial charge on any atom is 0.159 e. The maximum atomic E-state index is 5.39. The number of pyridine rings is 2. The van der Waals surface area contributed by atoms with E-state index in [1.807, 2.05) is 47.3 Å². The highest BCUT2D eigenvalue weighted by Gasteiger charge is 2.16. The summed E-state index contributed by atoms with van der Waals surface area (Å²) in [5.74, 6) is 0.543. The van der Waals surface area contributed by atoms with Gasteiger partial charge in [-0.05, 0) is 42.8 Å². The van der Waals surface area contributed by atoms with E-state index in [0.717, 1.165) is 48.6 Å². The van der Waals surface area contributed by atoms with E-state index in [1.165, 1.54) is 0 Å². The van der Waals surface area contributed by atoms with Gasteiger partial charge in [-0.1, -0.05) is 5.21 Å². The molecule has 0 N–H and O–H groups in total. The van der Waals surface area contributed by atoms with Gasteiger partial charge in [0.05, 0.1) is 18.5 Å². The third-order valence-corrected chi connectivity index (χ3v) is 3.94. The molecule has 0 aromatic carbocycles. The maximum absolute atomic E-state index is 5.39. The summed E-state index contributed by atoms with van der Waals surface area (Å²) >= 11 is 0. The first kappa shape index (κ1) is 14.0. The third-order valence-electron chi connectivity index (χ3n) is 3.94. The molecule has 0 spiro atoms. The molecule has 0 saturated carbocycles. The van der Waals surface area contributed by atoms with Gasteiger partial charge in [-0.2, -0.15) is 0 Å². The lowest BCUT2D eigenvalue weighted by molar-refractivity contribution is 0.181. The van der Waals surface area contributed by atoms with Gasteiger partial charge < -0.3 is 4.74 Å². The molecule has 1 atom stereocenters. The molecule has 6 heteroatoms. The number of ether oxygens (including phenoxy) is 1. The zero-order chi connectivity index (χ0) is 15.5. The van der Waals surface area contributed by atoms with E-state index in [9.17, 15) is 0 Å². The van der Waals surface area contributed by atoms with Gasteiger partial charge in [-0.3, -0.25) is 4.68 Å². The number of fused-ring (bicyclic) bond motifs is 1. The molecule has 116 valence electrons. The lowest BCUT2D eigenvalue weighted by atomic mass is 10.1. The summed E-state index contributed by atoms with van der Waals surface area (Å²) in [6.45, 7) is 2.53. The highest BCUT2D eigenvalue weighted by atomic mass is 16.5. The minimum atomic E-state index is 0.543. The molecule has 4 rings (SSSR count). The van der Waals surface area contributed by atoms with Crippen LogP contribution in [0.25, 0.3) is 23.2 Å². The molecule has 1 aliphatic heterocycles. The Bertz CT molecular complexity index is 836. The molecule has 23 heavy (non-hydrogen) atoms. The summed E-state index contributed by atoms with van der Waals surface area (Å²) in [4.78, 5) is 8.78. The Balaban J connectivity index is 1.47. The van der Waals surface area contributed by atoms with Crippen molar-refractivity contribution >= 4 is 23.2 Å². The van der Waals surface area contributed by atoms with Crippen LogP contribution in [0.15, 0.2) is 36.7 Å². The summed E-state index contributed by atoms with van der Waals surface area (Å²) in [5, 5.41) is 9.38. The Morgan fingerprint density at radius 3 is 3.09 bits per heavy atom. The van der Waals surface area contributed by atoms with Crippen LogP contribution in [0, 0.1) is 5.92 Å². The summed E-state index contributed by atoms with van der Waals surface area (Å²) in [5.41, 5.74) is 2.43. The fraction of sp³-hybridized carbons (Fsp3) is 0.294. The Labute approximate surface area is 133 Å². The zero-order valence-electron chi connectivity index (χ0n) is 12.7. The molecule has 1 aliphatic rings. The second kappa shape index (κ2) is 6.26. The van der Waals surface area contributed by atoms with Gasteiger partial charge >= 0.3 is 0 Å². The largest absolute Gasteiger partial charge is 0.381 e. The highest BCUT2D eigenvalue weighted by molar-refractivity contribution is 5.77. The van der Waals surface area contributed by atoms with E-state index in [4.69, 9.17) is 4.74 Å². The summed E-state index contributed by atoms with van der Waals surface area (Å²) in [6, 6.07) is 7.90. The van der Waals surface area contributed by atoms with Crippen molar-refractivity contribution in [3.05, 3.63) is 48.0 Å². The minimum absolute atomic E-state index is 0.543. The summed E-state index contributed by atoms with van der Waals surface area (Å²) in [7, 11) is 0. The van der Waals surface area contributed by atoms with E-state index >= 15 is 0 Å². The number of nitrogens with zero attached hydrogens (tertiary/aromatic N) is 5. The summed E-state index contributed by atoms with van der Waals surface area (Å²) in [6.07, 6.45) is 8.65. The van der Waals surface area contributed by atoms with Gasteiger partial charge in [-0.25, -0.2) is 9.97 Å². The van der Waals surface area contributed by atoms with Gasteiger partial charge in [-0.15, -0.1) is 5.10 Å². The second-order valence-corrected chi connectivity index (χ2v) is 5.71. The van der Waals surface area contributed by atoms with Crippen molar-refractivity contribution < 1.29 is 4.74 Å². The van der Waals surface area contributed by atoms with Crippen LogP contribution in [0.5, 0.6) is 0 Å². The Hall–Kier alpha value is -2.60. The quantitative estimate of drug-likeness (QED) is 0.740. The van der Waals surface area contributed by atoms with Gasteiger partial charge in [0.1, 0.15) is 5.69 Å². The molecule has 3 aromatic rings. The molecule has 6 nitrogen and oxygen atoms in total. The van der Waals surface area contributed by atoms with Gasteiger partial charge in [0.15, 0.2) is 5.65 Å². The molecule has 3 aromatic heterocycles. The van der Waals surface area contributed by atoms with Crippen LogP contribution in [0.4, 0.5) is 0 Å². The van der Waals surface area contributed by atoms with Crippen LogP contribution in [-0.4, -0.2) is 38.2 Å². The van der Waals surface area contributed by atoms with Gasteiger partial charge in [0, 0.05) is 30.7 Å². The average Bonchev–Trinajstić information content (AvgIpc) is 3.25. The highest BCUT2D eigenvalue weighted by Crippen LogP contribution is 2.15. The van der Waals surface area contributed by atoms with Crippen LogP contribution in [0.3, 0.4) is 0 Å². The van der Waals surface area contributed by atoms with E-state index in [0.29, 0.717) is 5.92 Å². The van der Waals surface area contributed by atoms with Crippen molar-refractivity contribution in [1.82, 2.24) is 25.0 Å². The van der Waals surface area contributed by atoms with Crippen molar-refractivity contribution in [2.75, 3.05) is 13.2 Å². The Kier molecular flexibility index (Phi) is 3.81. The lowest BCUT2D eigenvalue weighted by Gasteiger charge is -2.05. The molecular weight excluding hydrogens is 290 g/mol. The Morgan fingerprint density at radius 2 is 2.17 bits per heavy atom. The predicted molar refractivity (Wildman–Crippen MR) is 87.4 cm³/mol. The van der Waals surface area contributed by atoms with Crippen LogP contribution in [-0.2, 0) is 11.3 Å². The van der Waals surface area contributed by atoms with Crippen LogP contribution < -0.4 is 0 Å². The molecule has 4 heterocycles. The molecule has 1 fully saturated rings. The first-order chi connectivity index (χ1) is 11.4. The number of aromatic nitrogens is 5. The van der Waals surface area contributed by atoms with Crippen LogP contribution >= 0.6 is 0 Å². The van der Waals surface area contributed by atoms with E-state index in [2.05, 4.69) is 20.3 Å². The first-order valence-electron chi connectivity index (χ1n) is 7.74. The SMILES string of the molecule is C(=C\c1ccc2cccnc2n1)/c1cn(CC2CCOC2)nn1. The van der Waals surface area contributed by atoms with Crippen molar-refractivity contribution in [1.29, 1.82) is 0 Å². The number of rotatable bonds is 4. The molecule has 0 aliphatic carbocycles. The fourth-order valence-corrected chi connectivity index (χ4v) is 2.70.